The van der Waals surface area contributed by atoms with E-state index in [2.05, 4.69) is 10.3 Å². The first kappa shape index (κ1) is 18.9. The van der Waals surface area contributed by atoms with Gasteiger partial charge < -0.3 is 10.2 Å². The average molecular weight is 416 g/mol. The molecule has 0 saturated heterocycles. The predicted octanol–water partition coefficient (Wildman–Crippen LogP) is 4.24. The number of aliphatic carboxylic acids is 1. The van der Waals surface area contributed by atoms with Gasteiger partial charge >= 0.3 is 5.97 Å². The molecule has 0 unspecified atom stereocenters. The molecular weight excluding hydrogens is 398 g/mol. The number of aliphatic hydroxyl groups excluding tert-OH is 1. The van der Waals surface area contributed by atoms with Gasteiger partial charge in [0.05, 0.1) is 18.1 Å². The van der Waals surface area contributed by atoms with Crippen LogP contribution in [0.5, 0.6) is 0 Å². The molecule has 2 N–H and O–H groups in total. The Morgan fingerprint density at radius 3 is 2.86 bits per heavy atom. The van der Waals surface area contributed by atoms with Gasteiger partial charge in [-0.05, 0) is 58.1 Å². The van der Waals surface area contributed by atoms with Gasteiger partial charge in [0.1, 0.15) is 11.0 Å². The van der Waals surface area contributed by atoms with Crippen LogP contribution in [0.4, 0.5) is 0 Å². The van der Waals surface area contributed by atoms with Crippen molar-refractivity contribution >= 4 is 50.0 Å². The second kappa shape index (κ2) is 7.16. The van der Waals surface area contributed by atoms with Gasteiger partial charge in [-0.2, -0.15) is 0 Å². The van der Waals surface area contributed by atoms with E-state index in [0.717, 1.165) is 37.9 Å². The molecule has 0 fully saturated rings. The summed E-state index contributed by atoms with van der Waals surface area (Å²) in [5.74, 6) is -1.33. The van der Waals surface area contributed by atoms with Crippen LogP contribution in [-0.2, 0) is 18.4 Å². The number of aliphatic hydroxyl groups is 1. The Bertz CT molecular complexity index is 1210. The summed E-state index contributed by atoms with van der Waals surface area (Å²) in [6, 6.07) is 7.67. The maximum absolute atomic E-state index is 11.7. The van der Waals surface area contributed by atoms with E-state index in [1.165, 1.54) is 0 Å². The molecule has 0 aliphatic carbocycles. The van der Waals surface area contributed by atoms with Crippen molar-refractivity contribution in [3.05, 3.63) is 56.9 Å². The molecule has 1 atom stereocenters. The Kier molecular flexibility index (Phi) is 4.82. The molecular formula is C20H18ClN3O3S. The maximum Gasteiger partial charge on any atom is 0.304 e. The molecule has 6 nitrogen and oxygen atoms in total. The van der Waals surface area contributed by atoms with Gasteiger partial charge in [0.25, 0.3) is 0 Å². The highest BCUT2D eigenvalue weighted by Gasteiger charge is 2.24. The zero-order valence-corrected chi connectivity index (χ0v) is 16.9. The van der Waals surface area contributed by atoms with Crippen LogP contribution in [-0.4, -0.2) is 31.2 Å². The van der Waals surface area contributed by atoms with Crippen molar-refractivity contribution in [2.75, 3.05) is 0 Å². The Hall–Kier alpha value is -2.48. The topological polar surface area (TPSA) is 88.2 Å². The van der Waals surface area contributed by atoms with Crippen LogP contribution in [0.3, 0.4) is 0 Å². The monoisotopic (exact) mass is 415 g/mol. The standard InChI is InChI=1S/C20H18ClN3O3S/c1-10-14(7-16(21)19-18(10)22-23-24(19)2)15(8-17(26)27)12-5-11-3-4-28-20(11)13(6-12)9-25/h3-7,15,25H,8-9H2,1-2H3,(H,26,27)/t15-/m1/s1. The van der Waals surface area contributed by atoms with Gasteiger partial charge in [0.15, 0.2) is 0 Å². The fourth-order valence-electron chi connectivity index (χ4n) is 3.77. The maximum atomic E-state index is 11.7. The summed E-state index contributed by atoms with van der Waals surface area (Å²) >= 11 is 8.06. The summed E-state index contributed by atoms with van der Waals surface area (Å²) < 4.78 is 2.63. The number of halogens is 1. The number of nitrogens with zero attached hydrogens (tertiary/aromatic N) is 3. The Morgan fingerprint density at radius 2 is 2.14 bits per heavy atom. The molecule has 2 heterocycles. The summed E-state index contributed by atoms with van der Waals surface area (Å²) in [6.45, 7) is 1.81. The normalized spacial score (nSPS) is 12.7. The molecule has 0 aliphatic heterocycles. The van der Waals surface area contributed by atoms with Crippen molar-refractivity contribution in [2.45, 2.75) is 25.9 Å². The minimum Gasteiger partial charge on any atom is -0.481 e. The van der Waals surface area contributed by atoms with E-state index in [1.54, 1.807) is 23.1 Å². The second-order valence-corrected chi connectivity index (χ2v) is 8.13. The highest BCUT2D eigenvalue weighted by Crippen LogP contribution is 2.39. The molecule has 0 aliphatic rings. The highest BCUT2D eigenvalue weighted by atomic mass is 35.5. The van der Waals surface area contributed by atoms with Crippen molar-refractivity contribution in [1.29, 1.82) is 0 Å². The van der Waals surface area contributed by atoms with E-state index in [-0.39, 0.29) is 13.0 Å². The average Bonchev–Trinajstić information content (AvgIpc) is 3.28. The number of carboxylic acids is 1. The van der Waals surface area contributed by atoms with E-state index >= 15 is 0 Å². The summed E-state index contributed by atoms with van der Waals surface area (Å²) in [4.78, 5) is 11.7. The third kappa shape index (κ3) is 3.05. The number of carboxylic acid groups (broad SMARTS) is 1. The van der Waals surface area contributed by atoms with E-state index in [0.29, 0.717) is 10.5 Å². The van der Waals surface area contributed by atoms with Crippen molar-refractivity contribution in [3.8, 4) is 0 Å². The Labute approximate surface area is 170 Å². The van der Waals surface area contributed by atoms with Gasteiger partial charge in [-0.15, -0.1) is 16.4 Å². The van der Waals surface area contributed by atoms with Gasteiger partial charge in [-0.1, -0.05) is 22.9 Å². The molecule has 8 heteroatoms. The molecule has 0 saturated carbocycles. The number of thiophene rings is 1. The lowest BCUT2D eigenvalue weighted by Crippen LogP contribution is -2.10. The predicted molar refractivity (Wildman–Crippen MR) is 110 cm³/mol. The van der Waals surface area contributed by atoms with Crippen molar-refractivity contribution in [1.82, 2.24) is 15.0 Å². The van der Waals surface area contributed by atoms with E-state index in [9.17, 15) is 15.0 Å². The van der Waals surface area contributed by atoms with Crippen molar-refractivity contribution in [3.63, 3.8) is 0 Å². The Balaban J connectivity index is 1.96. The Morgan fingerprint density at radius 1 is 1.36 bits per heavy atom. The van der Waals surface area contributed by atoms with Gasteiger partial charge in [-0.25, -0.2) is 4.68 Å². The van der Waals surface area contributed by atoms with E-state index in [4.69, 9.17) is 11.6 Å². The number of aromatic nitrogens is 3. The fourth-order valence-corrected chi connectivity index (χ4v) is 4.99. The zero-order valence-electron chi connectivity index (χ0n) is 15.3. The molecule has 2 aromatic carbocycles. The molecule has 2 aromatic heterocycles. The molecule has 28 heavy (non-hydrogen) atoms. The van der Waals surface area contributed by atoms with Crippen LogP contribution in [0.1, 0.15) is 34.6 Å². The molecule has 4 aromatic rings. The summed E-state index contributed by atoms with van der Waals surface area (Å²) in [7, 11) is 1.77. The van der Waals surface area contributed by atoms with Crippen molar-refractivity contribution < 1.29 is 15.0 Å². The van der Waals surface area contributed by atoms with Crippen LogP contribution in [0.2, 0.25) is 5.02 Å². The third-order valence-electron chi connectivity index (χ3n) is 5.10. The highest BCUT2D eigenvalue weighted by molar-refractivity contribution is 7.17. The molecule has 144 valence electrons. The number of aryl methyl sites for hydroxylation is 2. The summed E-state index contributed by atoms with van der Waals surface area (Å²) in [6.07, 6.45) is -0.0938. The lowest BCUT2D eigenvalue weighted by atomic mass is 9.84. The summed E-state index contributed by atoms with van der Waals surface area (Å²) in [5, 5.41) is 31.1. The lowest BCUT2D eigenvalue weighted by Gasteiger charge is -2.20. The lowest BCUT2D eigenvalue weighted by molar-refractivity contribution is -0.137. The fraction of sp³-hybridized carbons (Fsp3) is 0.250. The molecule has 0 spiro atoms. The number of hydrogen-bond donors (Lipinski definition) is 2. The number of hydrogen-bond acceptors (Lipinski definition) is 5. The quantitative estimate of drug-likeness (QED) is 0.509. The van der Waals surface area contributed by atoms with Crippen LogP contribution < -0.4 is 0 Å². The van der Waals surface area contributed by atoms with Gasteiger partial charge in [0, 0.05) is 17.7 Å². The molecule has 4 rings (SSSR count). The van der Waals surface area contributed by atoms with Crippen LogP contribution >= 0.6 is 22.9 Å². The second-order valence-electron chi connectivity index (χ2n) is 6.81. The SMILES string of the molecule is Cc1c([C@H](CC(=O)O)c2cc(CO)c3sccc3c2)cc(Cl)c2c1nnn2C. The number of carbonyl (C=O) groups is 1. The minimum absolute atomic E-state index is 0.0938. The molecule has 0 radical (unpaired) electrons. The molecule has 0 amide bonds. The van der Waals surface area contributed by atoms with Crippen LogP contribution in [0.25, 0.3) is 21.1 Å². The van der Waals surface area contributed by atoms with Gasteiger partial charge in [0.2, 0.25) is 0 Å². The smallest absolute Gasteiger partial charge is 0.304 e. The largest absolute Gasteiger partial charge is 0.481 e. The minimum atomic E-state index is -0.907. The van der Waals surface area contributed by atoms with Gasteiger partial charge in [-0.3, -0.25) is 4.79 Å². The van der Waals surface area contributed by atoms with E-state index in [1.807, 2.05) is 36.6 Å². The number of benzene rings is 2. The van der Waals surface area contributed by atoms with E-state index < -0.39 is 11.9 Å². The third-order valence-corrected chi connectivity index (χ3v) is 6.39. The number of fused-ring (bicyclic) bond motifs is 2. The summed E-state index contributed by atoms with van der Waals surface area (Å²) in [5.41, 5.74) is 4.68. The molecule has 0 bridgehead atoms. The zero-order chi connectivity index (χ0) is 20.0. The first-order chi connectivity index (χ1) is 13.4. The first-order valence-corrected chi connectivity index (χ1v) is 9.97. The van der Waals surface area contributed by atoms with Crippen molar-refractivity contribution in [2.24, 2.45) is 7.05 Å². The van der Waals surface area contributed by atoms with Crippen LogP contribution in [0.15, 0.2) is 29.6 Å². The first-order valence-electron chi connectivity index (χ1n) is 8.71. The number of rotatable bonds is 5. The van der Waals surface area contributed by atoms with Crippen LogP contribution in [0, 0.1) is 6.92 Å².